The summed E-state index contributed by atoms with van der Waals surface area (Å²) in [6.45, 7) is 5.41. The maximum atomic E-state index is 10.9. The second-order valence-corrected chi connectivity index (χ2v) is 7.13. The second kappa shape index (κ2) is 7.30. The molecule has 1 aliphatic heterocycles. The van der Waals surface area contributed by atoms with Crippen molar-refractivity contribution < 1.29 is 4.92 Å². The molecule has 0 bridgehead atoms. The molecule has 1 aromatic carbocycles. The van der Waals surface area contributed by atoms with Crippen LogP contribution in [0.3, 0.4) is 0 Å². The van der Waals surface area contributed by atoms with Gasteiger partial charge in [0.15, 0.2) is 0 Å². The van der Waals surface area contributed by atoms with Gasteiger partial charge in [0.1, 0.15) is 0 Å². The van der Waals surface area contributed by atoms with Crippen LogP contribution in [0.1, 0.15) is 44.1 Å². The van der Waals surface area contributed by atoms with Gasteiger partial charge in [0, 0.05) is 43.0 Å². The summed E-state index contributed by atoms with van der Waals surface area (Å²) in [7, 11) is 0. The van der Waals surface area contributed by atoms with Gasteiger partial charge in [0.05, 0.1) is 4.92 Å². The molecule has 3 rings (SSSR count). The SMILES string of the molecule is Cc1cc(NC2CCN(CC3CCCC3)CC2)ccc1[N+](=O)[O-]. The number of piperidine rings is 1. The van der Waals surface area contributed by atoms with E-state index < -0.39 is 0 Å². The summed E-state index contributed by atoms with van der Waals surface area (Å²) in [4.78, 5) is 13.2. The maximum absolute atomic E-state index is 10.9. The fourth-order valence-corrected chi connectivity index (χ4v) is 4.00. The summed E-state index contributed by atoms with van der Waals surface area (Å²) >= 11 is 0. The Morgan fingerprint density at radius 3 is 2.52 bits per heavy atom. The van der Waals surface area contributed by atoms with E-state index in [0.29, 0.717) is 6.04 Å². The van der Waals surface area contributed by atoms with E-state index in [1.54, 1.807) is 13.0 Å². The number of aryl methyl sites for hydroxylation is 1. The Labute approximate surface area is 138 Å². The van der Waals surface area contributed by atoms with Crippen molar-refractivity contribution >= 4 is 11.4 Å². The van der Waals surface area contributed by atoms with Crippen molar-refractivity contribution in [2.24, 2.45) is 5.92 Å². The lowest BCUT2D eigenvalue weighted by Gasteiger charge is -2.34. The van der Waals surface area contributed by atoms with E-state index in [4.69, 9.17) is 0 Å². The molecule has 0 unspecified atom stereocenters. The van der Waals surface area contributed by atoms with Gasteiger partial charge in [-0.05, 0) is 50.7 Å². The summed E-state index contributed by atoms with van der Waals surface area (Å²) in [6.07, 6.45) is 7.98. The van der Waals surface area contributed by atoms with Gasteiger partial charge < -0.3 is 10.2 Å². The van der Waals surface area contributed by atoms with Crippen molar-refractivity contribution in [3.8, 4) is 0 Å². The zero-order valence-corrected chi connectivity index (χ0v) is 14.0. The van der Waals surface area contributed by atoms with E-state index in [0.717, 1.165) is 30.0 Å². The average Bonchev–Trinajstić information content (AvgIpc) is 3.02. The van der Waals surface area contributed by atoms with Crippen LogP contribution in [0.15, 0.2) is 18.2 Å². The lowest BCUT2D eigenvalue weighted by Crippen LogP contribution is -2.41. The van der Waals surface area contributed by atoms with Crippen molar-refractivity contribution in [1.82, 2.24) is 4.90 Å². The molecule has 5 heteroatoms. The molecule has 2 aliphatic rings. The lowest BCUT2D eigenvalue weighted by atomic mass is 10.0. The van der Waals surface area contributed by atoms with Crippen LogP contribution in [0.25, 0.3) is 0 Å². The minimum absolute atomic E-state index is 0.196. The monoisotopic (exact) mass is 317 g/mol. The molecule has 5 nitrogen and oxygen atoms in total. The number of nitrogens with zero attached hydrogens (tertiary/aromatic N) is 2. The number of benzene rings is 1. The van der Waals surface area contributed by atoms with Gasteiger partial charge in [-0.3, -0.25) is 10.1 Å². The summed E-state index contributed by atoms with van der Waals surface area (Å²) in [6, 6.07) is 5.81. The topological polar surface area (TPSA) is 58.4 Å². The Hall–Kier alpha value is -1.62. The number of hydrogen-bond donors (Lipinski definition) is 1. The van der Waals surface area contributed by atoms with Crippen LogP contribution in [0.5, 0.6) is 0 Å². The first kappa shape index (κ1) is 16.2. The van der Waals surface area contributed by atoms with Crippen molar-refractivity contribution in [3.05, 3.63) is 33.9 Å². The standard InChI is InChI=1S/C18H27N3O2/c1-14-12-17(6-7-18(14)21(22)23)19-16-8-10-20(11-9-16)13-15-4-2-3-5-15/h6-7,12,15-16,19H,2-5,8-11,13H2,1H3. The number of likely N-dealkylation sites (tertiary alicyclic amines) is 1. The van der Waals surface area contributed by atoms with Crippen LogP contribution in [-0.2, 0) is 0 Å². The molecule has 1 saturated carbocycles. The first-order valence-electron chi connectivity index (χ1n) is 8.86. The van der Waals surface area contributed by atoms with Gasteiger partial charge in [-0.2, -0.15) is 0 Å². The van der Waals surface area contributed by atoms with Crippen molar-refractivity contribution in [2.45, 2.75) is 51.5 Å². The third-order valence-electron chi connectivity index (χ3n) is 5.34. The molecule has 0 aromatic heterocycles. The Bertz CT molecular complexity index is 547. The van der Waals surface area contributed by atoms with Crippen molar-refractivity contribution in [1.29, 1.82) is 0 Å². The van der Waals surface area contributed by atoms with E-state index in [-0.39, 0.29) is 10.6 Å². The van der Waals surface area contributed by atoms with E-state index >= 15 is 0 Å². The Morgan fingerprint density at radius 1 is 1.22 bits per heavy atom. The summed E-state index contributed by atoms with van der Waals surface area (Å²) in [5.41, 5.74) is 1.92. The van der Waals surface area contributed by atoms with Crippen LogP contribution in [-0.4, -0.2) is 35.5 Å². The van der Waals surface area contributed by atoms with Gasteiger partial charge in [-0.1, -0.05) is 12.8 Å². The van der Waals surface area contributed by atoms with Crippen LogP contribution in [0.4, 0.5) is 11.4 Å². The lowest BCUT2D eigenvalue weighted by molar-refractivity contribution is -0.385. The van der Waals surface area contributed by atoms with E-state index in [2.05, 4.69) is 10.2 Å². The fraction of sp³-hybridized carbons (Fsp3) is 0.667. The quantitative estimate of drug-likeness (QED) is 0.659. The molecule has 1 aliphatic carbocycles. The molecule has 23 heavy (non-hydrogen) atoms. The van der Waals surface area contributed by atoms with Crippen molar-refractivity contribution in [3.63, 3.8) is 0 Å². The molecular formula is C18H27N3O2. The molecular weight excluding hydrogens is 290 g/mol. The average molecular weight is 317 g/mol. The number of rotatable bonds is 5. The fourth-order valence-electron chi connectivity index (χ4n) is 4.00. The van der Waals surface area contributed by atoms with E-state index in [1.165, 1.54) is 45.3 Å². The van der Waals surface area contributed by atoms with Crippen LogP contribution in [0, 0.1) is 23.0 Å². The molecule has 1 heterocycles. The molecule has 2 fully saturated rings. The summed E-state index contributed by atoms with van der Waals surface area (Å²) < 4.78 is 0. The van der Waals surface area contributed by atoms with Gasteiger partial charge in [0.2, 0.25) is 0 Å². The van der Waals surface area contributed by atoms with Gasteiger partial charge >= 0.3 is 0 Å². The number of nitro benzene ring substituents is 1. The smallest absolute Gasteiger partial charge is 0.272 e. The molecule has 0 radical (unpaired) electrons. The molecule has 1 aromatic rings. The molecule has 0 spiro atoms. The van der Waals surface area contributed by atoms with E-state index in [1.807, 2.05) is 12.1 Å². The predicted octanol–water partition coefficient (Wildman–Crippen LogP) is 3.97. The number of hydrogen-bond acceptors (Lipinski definition) is 4. The maximum Gasteiger partial charge on any atom is 0.272 e. The molecule has 126 valence electrons. The predicted molar refractivity (Wildman–Crippen MR) is 92.9 cm³/mol. The van der Waals surface area contributed by atoms with Crippen LogP contribution in [0.2, 0.25) is 0 Å². The Morgan fingerprint density at radius 2 is 1.91 bits per heavy atom. The largest absolute Gasteiger partial charge is 0.382 e. The normalized spacial score (nSPS) is 20.7. The third-order valence-corrected chi connectivity index (χ3v) is 5.34. The highest BCUT2D eigenvalue weighted by Gasteiger charge is 2.23. The highest BCUT2D eigenvalue weighted by atomic mass is 16.6. The van der Waals surface area contributed by atoms with Crippen molar-refractivity contribution in [2.75, 3.05) is 25.0 Å². The summed E-state index contributed by atoms with van der Waals surface area (Å²) in [5, 5.41) is 14.4. The minimum Gasteiger partial charge on any atom is -0.382 e. The number of anilines is 1. The first-order chi connectivity index (χ1) is 11.1. The molecule has 1 N–H and O–H groups in total. The van der Waals surface area contributed by atoms with E-state index in [9.17, 15) is 10.1 Å². The highest BCUT2D eigenvalue weighted by Crippen LogP contribution is 2.27. The van der Waals surface area contributed by atoms with Crippen LogP contribution >= 0.6 is 0 Å². The minimum atomic E-state index is -0.319. The summed E-state index contributed by atoms with van der Waals surface area (Å²) in [5.74, 6) is 0.928. The number of nitrogens with one attached hydrogen (secondary N) is 1. The molecule has 0 amide bonds. The van der Waals surface area contributed by atoms with Gasteiger partial charge in [0.25, 0.3) is 5.69 Å². The van der Waals surface area contributed by atoms with Crippen LogP contribution < -0.4 is 5.32 Å². The highest BCUT2D eigenvalue weighted by molar-refractivity contribution is 5.54. The zero-order valence-electron chi connectivity index (χ0n) is 14.0. The third kappa shape index (κ3) is 4.22. The Balaban J connectivity index is 1.48. The zero-order chi connectivity index (χ0) is 16.2. The van der Waals surface area contributed by atoms with Gasteiger partial charge in [-0.25, -0.2) is 0 Å². The first-order valence-corrected chi connectivity index (χ1v) is 8.86. The Kier molecular flexibility index (Phi) is 5.16. The van der Waals surface area contributed by atoms with Gasteiger partial charge in [-0.15, -0.1) is 0 Å². The molecule has 0 atom stereocenters. The molecule has 1 saturated heterocycles. The number of nitro groups is 1. The second-order valence-electron chi connectivity index (χ2n) is 7.13.